The summed E-state index contributed by atoms with van der Waals surface area (Å²) >= 11 is 0. The van der Waals surface area contributed by atoms with Crippen LogP contribution in [0.5, 0.6) is 11.5 Å². The van der Waals surface area contributed by atoms with Gasteiger partial charge in [0.15, 0.2) is 5.60 Å². The molecule has 0 spiro atoms. The first kappa shape index (κ1) is 43.4. The summed E-state index contributed by atoms with van der Waals surface area (Å²) in [5.74, 6) is -0.124. The maximum atomic E-state index is 12.4. The number of benzene rings is 3. The molecule has 38 heavy (non-hydrogen) atoms. The van der Waals surface area contributed by atoms with E-state index in [-0.39, 0.29) is 130 Å². The molecule has 8 N–H and O–H groups in total. The number of hydrogen-bond donors (Lipinski definition) is 8. The van der Waals surface area contributed by atoms with E-state index in [1.54, 1.807) is 60.7 Å². The Morgan fingerprint density at radius 2 is 0.895 bits per heavy atom. The fraction of sp³-hybridized carbons (Fsp3) is 0.0500. The minimum atomic E-state index is -4.64. The quantitative estimate of drug-likeness (QED) is 0.101. The van der Waals surface area contributed by atoms with Gasteiger partial charge in [0, 0.05) is 16.7 Å². The molecular weight excluding hydrogens is 586 g/mol. The molecule has 190 valence electrons. The molecule has 0 fully saturated rings. The summed E-state index contributed by atoms with van der Waals surface area (Å²) in [5.41, 5.74) is 1.60. The average Bonchev–Trinajstić information content (AvgIpc) is 3.00. The van der Waals surface area contributed by atoms with E-state index in [2.05, 4.69) is 0 Å². The van der Waals surface area contributed by atoms with Crippen molar-refractivity contribution in [3.05, 3.63) is 95.1 Å². The number of fused-ring (bicyclic) bond motifs is 1. The van der Waals surface area contributed by atoms with E-state index >= 15 is 0 Å². The Morgan fingerprint density at radius 3 is 1.24 bits per heavy atom. The molecule has 0 aromatic heterocycles. The zero-order valence-electron chi connectivity index (χ0n) is 17.0. The van der Waals surface area contributed by atoms with Gasteiger partial charge in [0.05, 0.1) is 5.56 Å². The molecule has 1 aliphatic heterocycles. The van der Waals surface area contributed by atoms with Gasteiger partial charge >= 0.3 is 140 Å². The van der Waals surface area contributed by atoms with E-state index in [1.807, 2.05) is 12.1 Å². The van der Waals surface area contributed by atoms with Gasteiger partial charge in [-0.3, -0.25) is 0 Å². The first-order valence-electron chi connectivity index (χ1n) is 9.09. The monoisotopic (exact) mass is 610 g/mol. The summed E-state index contributed by atoms with van der Waals surface area (Å²) in [4.78, 5) is 55.6. The minimum absolute atomic E-state index is 0. The Hall–Kier alpha value is 0.950. The number of ether oxygens (including phenoxy) is 1. The first-order valence-corrected chi connectivity index (χ1v) is 12.2. The number of carbonyl (C=O) groups is 1. The Kier molecular flexibility index (Phi) is 21.1. The van der Waals surface area contributed by atoms with Gasteiger partial charge in [-0.2, -0.15) is 0 Å². The van der Waals surface area contributed by atoms with E-state index in [9.17, 15) is 15.0 Å². The van der Waals surface area contributed by atoms with Crippen LogP contribution < -0.4 is 0 Å². The van der Waals surface area contributed by atoms with Gasteiger partial charge in [0.25, 0.3) is 0 Å². The third-order valence-corrected chi connectivity index (χ3v) is 4.32. The Labute approximate surface area is 306 Å². The van der Waals surface area contributed by atoms with E-state index in [0.29, 0.717) is 5.56 Å². The van der Waals surface area contributed by atoms with Gasteiger partial charge in [-0.25, -0.2) is 13.9 Å². The summed E-state index contributed by atoms with van der Waals surface area (Å²) in [6.45, 7) is 0. The SMILES string of the molecule is O=C1OC(c2ccc(O)cc2)(c2ccc(O)cc2)c2ccccc21.O=P(O)(O)O.O=P(O)(O)O.[NaH].[NaH].[NaH].[NaH]. The van der Waals surface area contributed by atoms with Crippen LogP contribution in [0.3, 0.4) is 0 Å². The number of cyclic esters (lactones) is 1. The molecule has 1 heterocycles. The molecule has 12 nitrogen and oxygen atoms in total. The summed E-state index contributed by atoms with van der Waals surface area (Å²) in [5, 5.41) is 19.2. The second-order valence-corrected chi connectivity index (χ2v) is 8.79. The standard InChI is InChI=1S/C20H14O4.4Na.2H3O4P.4H/c21-15-9-5-13(6-10-15)20(14-7-11-16(22)12-8-14)18-4-2-1-3-17(18)19(23)24-20;;;;;2*1-5(2,3)4;;;;/h1-12,21-22H;;;;;2*(H3,1,2,3,4);;;;. The van der Waals surface area contributed by atoms with Crippen LogP contribution in [0.15, 0.2) is 72.8 Å². The third kappa shape index (κ3) is 13.7. The number of carbonyl (C=O) groups excluding carboxylic acids is 1. The van der Waals surface area contributed by atoms with Crippen molar-refractivity contribution in [3.8, 4) is 11.5 Å². The van der Waals surface area contributed by atoms with Crippen molar-refractivity contribution < 1.29 is 58.2 Å². The molecule has 18 heteroatoms. The van der Waals surface area contributed by atoms with E-state index in [4.69, 9.17) is 43.2 Å². The average molecular weight is 610 g/mol. The first-order chi connectivity index (χ1) is 15.6. The topological polar surface area (TPSA) is 222 Å². The van der Waals surface area contributed by atoms with Crippen LogP contribution in [0.2, 0.25) is 0 Å². The normalized spacial score (nSPS) is 12.5. The Balaban J connectivity index is -0.000000760. The second kappa shape index (κ2) is 18.5. The molecule has 3 aromatic rings. The molecule has 1 aliphatic rings. The van der Waals surface area contributed by atoms with E-state index < -0.39 is 27.2 Å². The van der Waals surface area contributed by atoms with Crippen LogP contribution in [0.1, 0.15) is 27.0 Å². The van der Waals surface area contributed by atoms with E-state index in [0.717, 1.165) is 16.7 Å². The molecule has 0 unspecified atom stereocenters. The van der Waals surface area contributed by atoms with Crippen LogP contribution in [0, 0.1) is 0 Å². The predicted octanol–water partition coefficient (Wildman–Crippen LogP) is -0.891. The summed E-state index contributed by atoms with van der Waals surface area (Å²) < 4.78 is 23.6. The van der Waals surface area contributed by atoms with Crippen molar-refractivity contribution in [2.24, 2.45) is 0 Å². The fourth-order valence-electron chi connectivity index (χ4n) is 3.20. The molecule has 0 amide bonds. The number of phenols is 2. The molecule has 0 radical (unpaired) electrons. The zero-order valence-corrected chi connectivity index (χ0v) is 18.8. The van der Waals surface area contributed by atoms with Crippen molar-refractivity contribution in [2.45, 2.75) is 5.60 Å². The van der Waals surface area contributed by atoms with Gasteiger partial charge in [0.2, 0.25) is 0 Å². The number of aromatic hydroxyl groups is 2. The molecule has 0 bridgehead atoms. The van der Waals surface area contributed by atoms with Crippen molar-refractivity contribution in [1.29, 1.82) is 0 Å². The summed E-state index contributed by atoms with van der Waals surface area (Å²) in [6, 6.07) is 20.4. The van der Waals surface area contributed by atoms with Crippen LogP contribution >= 0.6 is 15.6 Å². The van der Waals surface area contributed by atoms with Gasteiger partial charge in [-0.05, 0) is 30.3 Å². The molecule has 0 aliphatic carbocycles. The van der Waals surface area contributed by atoms with E-state index in [1.165, 1.54) is 0 Å². The molecule has 0 saturated carbocycles. The van der Waals surface area contributed by atoms with Gasteiger partial charge < -0.3 is 44.3 Å². The molecule has 0 saturated heterocycles. The number of rotatable bonds is 2. The number of hydrogen-bond acceptors (Lipinski definition) is 6. The molecule has 4 rings (SSSR count). The van der Waals surface area contributed by atoms with Crippen LogP contribution in [-0.4, -0.2) is 164 Å². The van der Waals surface area contributed by atoms with Crippen molar-refractivity contribution >= 4 is 140 Å². The molecule has 3 aromatic carbocycles. The van der Waals surface area contributed by atoms with Crippen molar-refractivity contribution in [1.82, 2.24) is 0 Å². The third-order valence-electron chi connectivity index (χ3n) is 4.32. The van der Waals surface area contributed by atoms with Gasteiger partial charge in [0.1, 0.15) is 11.5 Å². The van der Waals surface area contributed by atoms with Crippen molar-refractivity contribution in [3.63, 3.8) is 0 Å². The Bertz CT molecular complexity index is 1170. The number of esters is 1. The summed E-state index contributed by atoms with van der Waals surface area (Å²) in [7, 11) is -9.28. The fourth-order valence-corrected chi connectivity index (χ4v) is 3.20. The zero-order chi connectivity index (χ0) is 25.7. The van der Waals surface area contributed by atoms with Gasteiger partial charge in [-0.1, -0.05) is 42.5 Å². The summed E-state index contributed by atoms with van der Waals surface area (Å²) in [6.07, 6.45) is 0. The second-order valence-electron chi connectivity index (χ2n) is 6.74. The maximum absolute atomic E-state index is 12.4. The molecular formula is C20H24Na4O12P2. The van der Waals surface area contributed by atoms with Gasteiger partial charge in [-0.15, -0.1) is 0 Å². The predicted molar refractivity (Wildman–Crippen MR) is 145 cm³/mol. The van der Waals surface area contributed by atoms with Crippen LogP contribution in [-0.2, 0) is 19.5 Å². The number of phenolic OH excluding ortho intramolecular Hbond substituents is 2. The Morgan fingerprint density at radius 1 is 0.579 bits per heavy atom. The number of phosphoric acid groups is 2. The molecule has 0 atom stereocenters. The van der Waals surface area contributed by atoms with Crippen LogP contribution in [0.4, 0.5) is 0 Å². The van der Waals surface area contributed by atoms with Crippen molar-refractivity contribution in [2.75, 3.05) is 0 Å². The van der Waals surface area contributed by atoms with Crippen LogP contribution in [0.25, 0.3) is 0 Å².